The van der Waals surface area contributed by atoms with Crippen molar-refractivity contribution in [3.8, 4) is 0 Å². The number of nitrogens with two attached hydrogens (primary N) is 1. The number of hydrogen-bond acceptors (Lipinski definition) is 3. The van der Waals surface area contributed by atoms with Gasteiger partial charge < -0.3 is 15.8 Å². The summed E-state index contributed by atoms with van der Waals surface area (Å²) in [5.74, 6) is -0.0998. The fraction of sp³-hybridized carbons (Fsp3) is 0.417. The number of amidine groups is 1. The molecule has 1 aliphatic carbocycles. The van der Waals surface area contributed by atoms with Gasteiger partial charge in [-0.2, -0.15) is 13.2 Å². The van der Waals surface area contributed by atoms with Crippen molar-refractivity contribution in [1.29, 1.82) is 0 Å². The average Bonchev–Trinajstić information content (AvgIpc) is 3.18. The summed E-state index contributed by atoms with van der Waals surface area (Å²) in [6.07, 6.45) is -2.73. The lowest BCUT2D eigenvalue weighted by Crippen LogP contribution is -2.36. The van der Waals surface area contributed by atoms with Crippen LogP contribution in [-0.2, 0) is 0 Å². The Morgan fingerprint density at radius 1 is 1.45 bits per heavy atom. The van der Waals surface area contributed by atoms with Gasteiger partial charge in [0.1, 0.15) is 6.54 Å². The van der Waals surface area contributed by atoms with Crippen molar-refractivity contribution in [2.24, 2.45) is 10.9 Å². The Kier molecular flexibility index (Phi) is 4.12. The Balaban J connectivity index is 2.28. The van der Waals surface area contributed by atoms with Gasteiger partial charge in [0.05, 0.1) is 0 Å². The summed E-state index contributed by atoms with van der Waals surface area (Å²) in [6.45, 7) is -0.979. The van der Waals surface area contributed by atoms with Gasteiger partial charge in [-0.05, 0) is 47.0 Å². The highest BCUT2D eigenvalue weighted by Crippen LogP contribution is 2.36. The smallest absolute Gasteiger partial charge is 0.405 e. The van der Waals surface area contributed by atoms with Gasteiger partial charge in [0.2, 0.25) is 0 Å². The van der Waals surface area contributed by atoms with Gasteiger partial charge in [-0.3, -0.25) is 0 Å². The van der Waals surface area contributed by atoms with Crippen molar-refractivity contribution >= 4 is 27.5 Å². The molecule has 20 heavy (non-hydrogen) atoms. The average molecular weight is 352 g/mol. The van der Waals surface area contributed by atoms with Crippen LogP contribution in [0.1, 0.15) is 18.4 Å². The number of benzene rings is 1. The van der Waals surface area contributed by atoms with Crippen LogP contribution in [0.4, 0.5) is 18.9 Å². The highest BCUT2D eigenvalue weighted by atomic mass is 79.9. The van der Waals surface area contributed by atoms with Crippen LogP contribution in [0.25, 0.3) is 0 Å². The summed E-state index contributed by atoms with van der Waals surface area (Å²) in [6, 6.07) is 4.55. The van der Waals surface area contributed by atoms with E-state index in [9.17, 15) is 13.2 Å². The molecule has 0 aromatic heterocycles. The molecule has 1 aromatic carbocycles. The van der Waals surface area contributed by atoms with Gasteiger partial charge >= 0.3 is 6.18 Å². The first-order valence-corrected chi connectivity index (χ1v) is 6.72. The number of hydrogen-bond donors (Lipinski definition) is 2. The maximum absolute atomic E-state index is 12.6. The summed E-state index contributed by atoms with van der Waals surface area (Å²) < 4.78 is 38.3. The Bertz CT molecular complexity index is 529. The van der Waals surface area contributed by atoms with E-state index in [0.29, 0.717) is 15.7 Å². The third kappa shape index (κ3) is 3.56. The van der Waals surface area contributed by atoms with Crippen LogP contribution in [0.3, 0.4) is 0 Å². The molecule has 0 amide bonds. The number of alkyl halides is 3. The molecule has 0 bridgehead atoms. The van der Waals surface area contributed by atoms with Crippen molar-refractivity contribution in [3.05, 3.63) is 28.2 Å². The van der Waals surface area contributed by atoms with E-state index in [1.807, 2.05) is 0 Å². The van der Waals surface area contributed by atoms with Gasteiger partial charge in [-0.1, -0.05) is 5.16 Å². The molecule has 110 valence electrons. The first-order valence-electron chi connectivity index (χ1n) is 5.92. The molecule has 0 aliphatic heterocycles. The number of anilines is 1. The van der Waals surface area contributed by atoms with E-state index in [1.54, 1.807) is 12.1 Å². The van der Waals surface area contributed by atoms with Gasteiger partial charge in [0.15, 0.2) is 5.84 Å². The van der Waals surface area contributed by atoms with E-state index in [4.69, 9.17) is 10.9 Å². The standard InChI is InChI=1S/C12H13BrF3N3O/c13-10-5-8(3-4-9(10)11(17)18-20)19(7-1-2-7)6-12(14,15)16/h3-5,7,20H,1-2,6H2,(H2,17,18). The molecule has 0 atom stereocenters. The molecule has 0 saturated heterocycles. The first kappa shape index (κ1) is 15.0. The van der Waals surface area contributed by atoms with E-state index in [0.717, 1.165) is 12.8 Å². The molecule has 1 saturated carbocycles. The van der Waals surface area contributed by atoms with E-state index < -0.39 is 12.7 Å². The van der Waals surface area contributed by atoms with Crippen molar-refractivity contribution in [3.63, 3.8) is 0 Å². The normalized spacial score (nSPS) is 16.3. The second kappa shape index (κ2) is 5.51. The lowest BCUT2D eigenvalue weighted by Gasteiger charge is -2.26. The van der Waals surface area contributed by atoms with E-state index in [2.05, 4.69) is 21.1 Å². The third-order valence-electron chi connectivity index (χ3n) is 3.01. The van der Waals surface area contributed by atoms with Crippen LogP contribution in [0, 0.1) is 0 Å². The fourth-order valence-electron chi connectivity index (χ4n) is 1.95. The number of nitrogens with zero attached hydrogens (tertiary/aromatic N) is 2. The van der Waals surface area contributed by atoms with Crippen LogP contribution >= 0.6 is 15.9 Å². The fourth-order valence-corrected chi connectivity index (χ4v) is 2.52. The predicted octanol–water partition coefficient (Wildman–Crippen LogP) is 3.07. The Hall–Kier alpha value is -1.44. The molecular weight excluding hydrogens is 339 g/mol. The quantitative estimate of drug-likeness (QED) is 0.379. The molecule has 8 heteroatoms. The second-order valence-corrected chi connectivity index (χ2v) is 5.48. The zero-order valence-electron chi connectivity index (χ0n) is 10.4. The summed E-state index contributed by atoms with van der Waals surface area (Å²) in [5, 5.41) is 11.5. The van der Waals surface area contributed by atoms with Crippen LogP contribution in [0.5, 0.6) is 0 Å². The van der Waals surface area contributed by atoms with Crippen molar-refractivity contribution in [2.75, 3.05) is 11.4 Å². The molecule has 3 N–H and O–H groups in total. The molecule has 2 rings (SSSR count). The van der Waals surface area contributed by atoms with Gasteiger partial charge in [0.25, 0.3) is 0 Å². The summed E-state index contributed by atoms with van der Waals surface area (Å²) in [4.78, 5) is 1.33. The van der Waals surface area contributed by atoms with Crippen molar-refractivity contribution in [2.45, 2.75) is 25.1 Å². The number of oxime groups is 1. The largest absolute Gasteiger partial charge is 0.409 e. The first-order chi connectivity index (χ1) is 9.31. The van der Waals surface area contributed by atoms with Gasteiger partial charge in [-0.25, -0.2) is 0 Å². The topological polar surface area (TPSA) is 61.9 Å². The SMILES string of the molecule is N/C(=N/O)c1ccc(N(CC(F)(F)F)C2CC2)cc1Br. The lowest BCUT2D eigenvalue weighted by molar-refractivity contribution is -0.120. The van der Waals surface area contributed by atoms with E-state index in [1.165, 1.54) is 11.0 Å². The summed E-state index contributed by atoms with van der Waals surface area (Å²) in [7, 11) is 0. The van der Waals surface area contributed by atoms with Crippen molar-refractivity contribution in [1.82, 2.24) is 0 Å². The highest BCUT2D eigenvalue weighted by molar-refractivity contribution is 9.10. The number of halogens is 4. The zero-order chi connectivity index (χ0) is 14.9. The van der Waals surface area contributed by atoms with Gasteiger partial charge in [-0.15, -0.1) is 0 Å². The third-order valence-corrected chi connectivity index (χ3v) is 3.66. The predicted molar refractivity (Wildman–Crippen MR) is 73.1 cm³/mol. The number of rotatable bonds is 4. The van der Waals surface area contributed by atoms with Crippen LogP contribution in [-0.4, -0.2) is 29.8 Å². The molecule has 0 spiro atoms. The Morgan fingerprint density at radius 3 is 2.55 bits per heavy atom. The van der Waals surface area contributed by atoms with E-state index in [-0.39, 0.29) is 11.9 Å². The maximum Gasteiger partial charge on any atom is 0.405 e. The Morgan fingerprint density at radius 2 is 2.10 bits per heavy atom. The maximum atomic E-state index is 12.6. The molecule has 4 nitrogen and oxygen atoms in total. The minimum atomic E-state index is -4.25. The summed E-state index contributed by atoms with van der Waals surface area (Å²) >= 11 is 3.23. The van der Waals surface area contributed by atoms with Crippen LogP contribution < -0.4 is 10.6 Å². The second-order valence-electron chi connectivity index (χ2n) is 4.62. The summed E-state index contributed by atoms with van der Waals surface area (Å²) in [5.41, 5.74) is 6.37. The molecule has 1 fully saturated rings. The van der Waals surface area contributed by atoms with E-state index >= 15 is 0 Å². The molecular formula is C12H13BrF3N3O. The van der Waals surface area contributed by atoms with Crippen LogP contribution in [0.2, 0.25) is 0 Å². The van der Waals surface area contributed by atoms with Crippen LogP contribution in [0.15, 0.2) is 27.8 Å². The zero-order valence-corrected chi connectivity index (χ0v) is 11.9. The molecule has 0 radical (unpaired) electrons. The lowest BCUT2D eigenvalue weighted by atomic mass is 10.1. The molecule has 0 heterocycles. The minimum absolute atomic E-state index is 0.0711. The van der Waals surface area contributed by atoms with Crippen molar-refractivity contribution < 1.29 is 18.4 Å². The highest BCUT2D eigenvalue weighted by Gasteiger charge is 2.38. The monoisotopic (exact) mass is 351 g/mol. The van der Waals surface area contributed by atoms with Gasteiger partial charge in [0, 0.05) is 21.8 Å². The Labute approximate surface area is 122 Å². The molecule has 0 unspecified atom stereocenters. The molecule has 1 aromatic rings. The minimum Gasteiger partial charge on any atom is -0.409 e. The molecule has 1 aliphatic rings.